The number of carboxylic acid groups (broad SMARTS) is 2. The Bertz CT molecular complexity index is 437. The monoisotopic (exact) mass is 366 g/mol. The maximum atomic E-state index is 12.6. The molecule has 4 nitrogen and oxygen atoms in total. The second-order valence-electron chi connectivity index (χ2n) is 8.65. The van der Waals surface area contributed by atoms with Gasteiger partial charge < -0.3 is 10.2 Å². The van der Waals surface area contributed by atoms with E-state index in [1.807, 2.05) is 0 Å². The Balaban J connectivity index is 2.33. The van der Waals surface area contributed by atoms with Crippen LogP contribution in [-0.4, -0.2) is 22.2 Å². The van der Waals surface area contributed by atoms with Crippen LogP contribution in [0.25, 0.3) is 0 Å². The zero-order valence-corrected chi connectivity index (χ0v) is 16.4. The van der Waals surface area contributed by atoms with Gasteiger partial charge in [0.1, 0.15) is 0 Å². The second kappa shape index (κ2) is 10.9. The molecule has 4 heteroatoms. The summed E-state index contributed by atoms with van der Waals surface area (Å²) in [4.78, 5) is 24.8. The van der Waals surface area contributed by atoms with Gasteiger partial charge in [0.2, 0.25) is 0 Å². The number of aliphatic carboxylic acids is 2. The quantitative estimate of drug-likeness (QED) is 0.639. The van der Waals surface area contributed by atoms with Gasteiger partial charge in [0.05, 0.1) is 11.3 Å². The molecule has 2 N–H and O–H groups in total. The van der Waals surface area contributed by atoms with Crippen molar-refractivity contribution in [3.63, 3.8) is 0 Å². The Morgan fingerprint density at radius 1 is 0.615 bits per heavy atom. The zero-order valence-electron chi connectivity index (χ0n) is 16.4. The van der Waals surface area contributed by atoms with Crippen molar-refractivity contribution in [3.8, 4) is 0 Å². The fourth-order valence-electron chi connectivity index (χ4n) is 5.49. The van der Waals surface area contributed by atoms with E-state index in [1.165, 1.54) is 19.3 Å². The fourth-order valence-corrected chi connectivity index (χ4v) is 5.49. The molecule has 0 aromatic heterocycles. The lowest BCUT2D eigenvalue weighted by Gasteiger charge is -2.42. The van der Waals surface area contributed by atoms with Crippen molar-refractivity contribution in [1.29, 1.82) is 0 Å². The summed E-state index contributed by atoms with van der Waals surface area (Å²) in [6.45, 7) is 0. The van der Waals surface area contributed by atoms with Crippen LogP contribution in [0, 0.1) is 17.3 Å². The number of carboxylic acids is 2. The zero-order chi connectivity index (χ0) is 18.8. The molecule has 0 aromatic carbocycles. The van der Waals surface area contributed by atoms with E-state index >= 15 is 0 Å². The van der Waals surface area contributed by atoms with Gasteiger partial charge in [-0.2, -0.15) is 0 Å². The van der Waals surface area contributed by atoms with Crippen molar-refractivity contribution in [1.82, 2.24) is 0 Å². The predicted octanol–water partition coefficient (Wildman–Crippen LogP) is 6.03. The van der Waals surface area contributed by atoms with Gasteiger partial charge in [-0.05, 0) is 31.6 Å². The largest absolute Gasteiger partial charge is 0.481 e. The third-order valence-corrected chi connectivity index (χ3v) is 6.99. The van der Waals surface area contributed by atoms with E-state index in [9.17, 15) is 19.8 Å². The Morgan fingerprint density at radius 3 is 1.50 bits per heavy atom. The van der Waals surface area contributed by atoms with Gasteiger partial charge in [0.15, 0.2) is 0 Å². The van der Waals surface area contributed by atoms with Gasteiger partial charge in [-0.3, -0.25) is 9.59 Å². The van der Waals surface area contributed by atoms with Crippen molar-refractivity contribution >= 4 is 11.9 Å². The van der Waals surface area contributed by atoms with Gasteiger partial charge in [0, 0.05) is 0 Å². The van der Waals surface area contributed by atoms with Crippen LogP contribution in [-0.2, 0) is 9.59 Å². The smallest absolute Gasteiger partial charge is 0.310 e. The lowest BCUT2D eigenvalue weighted by molar-refractivity contribution is -0.170. The van der Waals surface area contributed by atoms with Crippen LogP contribution in [0.2, 0.25) is 0 Å². The summed E-state index contributed by atoms with van der Waals surface area (Å²) in [7, 11) is 0. The van der Waals surface area contributed by atoms with Gasteiger partial charge in [0.25, 0.3) is 0 Å². The van der Waals surface area contributed by atoms with E-state index in [1.54, 1.807) is 0 Å². The standard InChI is InChI=1S/C22H38O4/c23-20(24)19-16-12-8-4-5-9-13-17-22(19,21(25)26)18-14-10-6-2-1-3-7-11-15-18/h18-19H,1-17H2,(H,23,24)(H,25,26). The molecule has 150 valence electrons. The summed E-state index contributed by atoms with van der Waals surface area (Å²) >= 11 is 0. The average molecular weight is 367 g/mol. The first-order chi connectivity index (χ1) is 12.6. The maximum absolute atomic E-state index is 12.6. The number of hydrogen-bond acceptors (Lipinski definition) is 2. The van der Waals surface area contributed by atoms with Crippen molar-refractivity contribution in [3.05, 3.63) is 0 Å². The van der Waals surface area contributed by atoms with Gasteiger partial charge in [-0.15, -0.1) is 0 Å². The molecule has 26 heavy (non-hydrogen) atoms. The molecule has 2 rings (SSSR count). The predicted molar refractivity (Wildman–Crippen MR) is 103 cm³/mol. The first-order valence-electron chi connectivity index (χ1n) is 11.0. The highest BCUT2D eigenvalue weighted by Crippen LogP contribution is 2.49. The number of hydrogen-bond donors (Lipinski definition) is 2. The van der Waals surface area contributed by atoms with Crippen LogP contribution < -0.4 is 0 Å². The Labute approximate surface area is 158 Å². The van der Waals surface area contributed by atoms with E-state index in [0.717, 1.165) is 77.0 Å². The van der Waals surface area contributed by atoms with E-state index in [2.05, 4.69) is 0 Å². The lowest BCUT2D eigenvalue weighted by Crippen LogP contribution is -2.48. The van der Waals surface area contributed by atoms with E-state index in [4.69, 9.17) is 0 Å². The minimum atomic E-state index is -1.07. The molecule has 0 amide bonds. The Hall–Kier alpha value is -1.06. The highest BCUT2D eigenvalue weighted by molar-refractivity contribution is 5.83. The SMILES string of the molecule is O=C(O)C1CCCCCCCCC1(C(=O)O)C1CCCCCCCCC1. The molecule has 2 aliphatic rings. The molecule has 0 aromatic rings. The van der Waals surface area contributed by atoms with Crippen LogP contribution >= 0.6 is 0 Å². The second-order valence-corrected chi connectivity index (χ2v) is 8.65. The van der Waals surface area contributed by atoms with Gasteiger partial charge in [-0.1, -0.05) is 83.5 Å². The van der Waals surface area contributed by atoms with Crippen LogP contribution in [0.4, 0.5) is 0 Å². The Morgan fingerprint density at radius 2 is 1.04 bits per heavy atom. The molecular formula is C22H38O4. The topological polar surface area (TPSA) is 74.6 Å². The molecule has 0 saturated heterocycles. The first kappa shape index (κ1) is 21.2. The highest BCUT2D eigenvalue weighted by Gasteiger charge is 2.53. The van der Waals surface area contributed by atoms with Crippen LogP contribution in [0.15, 0.2) is 0 Å². The van der Waals surface area contributed by atoms with Crippen LogP contribution in [0.3, 0.4) is 0 Å². The van der Waals surface area contributed by atoms with Crippen molar-refractivity contribution in [2.75, 3.05) is 0 Å². The minimum absolute atomic E-state index is 0.0126. The number of carbonyl (C=O) groups is 2. The van der Waals surface area contributed by atoms with Gasteiger partial charge >= 0.3 is 11.9 Å². The Kier molecular flexibility index (Phi) is 8.94. The molecule has 2 atom stereocenters. The van der Waals surface area contributed by atoms with E-state index in [-0.39, 0.29) is 5.92 Å². The lowest BCUT2D eigenvalue weighted by atomic mass is 9.59. The fraction of sp³-hybridized carbons (Fsp3) is 0.909. The summed E-state index contributed by atoms with van der Waals surface area (Å²) in [6.07, 6.45) is 17.1. The molecule has 2 aliphatic carbocycles. The molecule has 2 fully saturated rings. The molecule has 0 radical (unpaired) electrons. The molecule has 2 saturated carbocycles. The molecular weight excluding hydrogens is 328 g/mol. The summed E-state index contributed by atoms with van der Waals surface area (Å²) in [6, 6.07) is 0. The molecule has 2 unspecified atom stereocenters. The third-order valence-electron chi connectivity index (χ3n) is 6.99. The van der Waals surface area contributed by atoms with E-state index < -0.39 is 23.3 Å². The third kappa shape index (κ3) is 5.47. The summed E-state index contributed by atoms with van der Waals surface area (Å²) in [5.74, 6) is -2.44. The molecule has 0 spiro atoms. The van der Waals surface area contributed by atoms with Crippen LogP contribution in [0.1, 0.15) is 109 Å². The molecule has 0 aliphatic heterocycles. The maximum Gasteiger partial charge on any atom is 0.310 e. The summed E-state index contributed by atoms with van der Waals surface area (Å²) in [5, 5.41) is 20.4. The van der Waals surface area contributed by atoms with Crippen LogP contribution in [0.5, 0.6) is 0 Å². The van der Waals surface area contributed by atoms with Gasteiger partial charge in [-0.25, -0.2) is 0 Å². The molecule has 0 bridgehead atoms. The summed E-state index contributed by atoms with van der Waals surface area (Å²) in [5.41, 5.74) is -1.07. The van der Waals surface area contributed by atoms with Crippen molar-refractivity contribution < 1.29 is 19.8 Å². The van der Waals surface area contributed by atoms with E-state index in [0.29, 0.717) is 12.8 Å². The van der Waals surface area contributed by atoms with Crippen molar-refractivity contribution in [2.24, 2.45) is 17.3 Å². The molecule has 0 heterocycles. The average Bonchev–Trinajstić information content (AvgIpc) is 2.63. The first-order valence-corrected chi connectivity index (χ1v) is 11.0. The number of rotatable bonds is 3. The normalized spacial score (nSPS) is 31.0. The summed E-state index contributed by atoms with van der Waals surface area (Å²) < 4.78 is 0. The van der Waals surface area contributed by atoms with Crippen molar-refractivity contribution in [2.45, 2.75) is 109 Å². The highest BCUT2D eigenvalue weighted by atomic mass is 16.4. The minimum Gasteiger partial charge on any atom is -0.481 e.